The van der Waals surface area contributed by atoms with Crippen LogP contribution in [0.4, 0.5) is 0 Å². The molecule has 0 aliphatic carbocycles. The van der Waals surface area contributed by atoms with Gasteiger partial charge in [-0.05, 0) is 35.0 Å². The summed E-state index contributed by atoms with van der Waals surface area (Å²) in [5.41, 5.74) is 11.3. The molecule has 6 nitrogen and oxygen atoms in total. The fraction of sp³-hybridized carbons (Fsp3) is 0.250. The zero-order valence-corrected chi connectivity index (χ0v) is 11.9. The standard InChI is InChI=1S/C12H14BrN3O3/c1-7-2-3-9(13)8(4-7)12(19)16(5-10(14)17)6-11(15)18/h2-4H,5-6H2,1H3,(H2,14,17)(H2,15,18). The fourth-order valence-electron chi connectivity index (χ4n) is 1.55. The van der Waals surface area contributed by atoms with Gasteiger partial charge in [-0.15, -0.1) is 0 Å². The number of amides is 3. The maximum atomic E-state index is 12.3. The van der Waals surface area contributed by atoms with Gasteiger partial charge in [-0.25, -0.2) is 0 Å². The number of rotatable bonds is 5. The number of aryl methyl sites for hydroxylation is 1. The van der Waals surface area contributed by atoms with Gasteiger partial charge in [-0.2, -0.15) is 0 Å². The highest BCUT2D eigenvalue weighted by Crippen LogP contribution is 2.19. The molecule has 1 aromatic rings. The molecule has 0 saturated heterocycles. The zero-order chi connectivity index (χ0) is 14.6. The number of halogens is 1. The number of hydrogen-bond donors (Lipinski definition) is 2. The molecule has 102 valence electrons. The predicted molar refractivity (Wildman–Crippen MR) is 73.2 cm³/mol. The van der Waals surface area contributed by atoms with E-state index in [0.717, 1.165) is 10.5 Å². The van der Waals surface area contributed by atoms with E-state index in [-0.39, 0.29) is 13.1 Å². The van der Waals surface area contributed by atoms with Crippen molar-refractivity contribution in [1.82, 2.24) is 4.90 Å². The van der Waals surface area contributed by atoms with Gasteiger partial charge < -0.3 is 16.4 Å². The molecule has 0 heterocycles. The van der Waals surface area contributed by atoms with Gasteiger partial charge in [-0.3, -0.25) is 14.4 Å². The highest BCUT2D eigenvalue weighted by Gasteiger charge is 2.21. The van der Waals surface area contributed by atoms with Crippen LogP contribution in [0.1, 0.15) is 15.9 Å². The molecule has 0 atom stereocenters. The van der Waals surface area contributed by atoms with Crippen molar-refractivity contribution in [2.45, 2.75) is 6.92 Å². The quantitative estimate of drug-likeness (QED) is 0.804. The van der Waals surface area contributed by atoms with Gasteiger partial charge in [0.2, 0.25) is 11.8 Å². The maximum absolute atomic E-state index is 12.3. The molecule has 3 amide bonds. The molecule has 0 saturated carbocycles. The molecule has 19 heavy (non-hydrogen) atoms. The van der Waals surface area contributed by atoms with Gasteiger partial charge in [0.15, 0.2) is 0 Å². The Balaban J connectivity index is 3.07. The van der Waals surface area contributed by atoms with Crippen molar-refractivity contribution in [1.29, 1.82) is 0 Å². The Kier molecular flexibility index (Phi) is 5.05. The molecule has 0 aromatic heterocycles. The summed E-state index contributed by atoms with van der Waals surface area (Å²) in [6.45, 7) is 1.11. The molecule has 0 aliphatic rings. The third-order valence-corrected chi connectivity index (χ3v) is 3.02. The Morgan fingerprint density at radius 1 is 1.16 bits per heavy atom. The van der Waals surface area contributed by atoms with Crippen LogP contribution in [0.2, 0.25) is 0 Å². The highest BCUT2D eigenvalue weighted by molar-refractivity contribution is 9.10. The SMILES string of the molecule is Cc1ccc(Br)c(C(=O)N(CC(N)=O)CC(N)=O)c1. The first-order valence-corrected chi connectivity index (χ1v) is 6.22. The van der Waals surface area contributed by atoms with Gasteiger partial charge in [0.1, 0.15) is 13.1 Å². The topological polar surface area (TPSA) is 106 Å². The van der Waals surface area contributed by atoms with Crippen LogP contribution in [0.3, 0.4) is 0 Å². The lowest BCUT2D eigenvalue weighted by Crippen LogP contribution is -2.43. The monoisotopic (exact) mass is 327 g/mol. The Morgan fingerprint density at radius 2 is 1.68 bits per heavy atom. The number of benzene rings is 1. The van der Waals surface area contributed by atoms with Crippen LogP contribution < -0.4 is 11.5 Å². The van der Waals surface area contributed by atoms with Crippen molar-refractivity contribution in [3.8, 4) is 0 Å². The van der Waals surface area contributed by atoms with Gasteiger partial charge >= 0.3 is 0 Å². The molecule has 1 aromatic carbocycles. The zero-order valence-electron chi connectivity index (χ0n) is 10.4. The summed E-state index contributed by atoms with van der Waals surface area (Å²) in [5.74, 6) is -1.90. The first-order valence-electron chi connectivity index (χ1n) is 5.43. The first-order chi connectivity index (χ1) is 8.81. The molecule has 7 heteroatoms. The van der Waals surface area contributed by atoms with Crippen LogP contribution in [0.15, 0.2) is 22.7 Å². The predicted octanol–water partition coefficient (Wildman–Crippen LogP) is 0.170. The summed E-state index contributed by atoms with van der Waals surface area (Å²) in [6.07, 6.45) is 0. The van der Waals surface area contributed by atoms with Crippen molar-refractivity contribution in [2.24, 2.45) is 11.5 Å². The third kappa shape index (κ3) is 4.36. The van der Waals surface area contributed by atoms with Crippen molar-refractivity contribution < 1.29 is 14.4 Å². The number of carbonyl (C=O) groups excluding carboxylic acids is 3. The second kappa shape index (κ2) is 6.33. The Morgan fingerprint density at radius 3 is 2.16 bits per heavy atom. The number of primary amides is 2. The Bertz CT molecular complexity index is 515. The van der Waals surface area contributed by atoms with Crippen molar-refractivity contribution >= 4 is 33.7 Å². The summed E-state index contributed by atoms with van der Waals surface area (Å²) >= 11 is 3.25. The molecule has 0 unspecified atom stereocenters. The second-order valence-corrected chi connectivity index (χ2v) is 4.93. The van der Waals surface area contributed by atoms with Gasteiger partial charge in [0.25, 0.3) is 5.91 Å². The van der Waals surface area contributed by atoms with E-state index in [9.17, 15) is 14.4 Å². The van der Waals surface area contributed by atoms with Crippen LogP contribution in [-0.2, 0) is 9.59 Å². The summed E-state index contributed by atoms with van der Waals surface area (Å²) in [4.78, 5) is 35.2. The first kappa shape index (κ1) is 15.2. The van der Waals surface area contributed by atoms with E-state index >= 15 is 0 Å². The van der Waals surface area contributed by atoms with Crippen LogP contribution >= 0.6 is 15.9 Å². The molecular weight excluding hydrogens is 314 g/mol. The second-order valence-electron chi connectivity index (χ2n) is 4.08. The Labute approximate surface area is 118 Å². The van der Waals surface area contributed by atoms with Crippen LogP contribution in [0.5, 0.6) is 0 Å². The van der Waals surface area contributed by atoms with E-state index in [1.54, 1.807) is 12.1 Å². The van der Waals surface area contributed by atoms with Crippen molar-refractivity contribution in [3.05, 3.63) is 33.8 Å². The van der Waals surface area contributed by atoms with Crippen molar-refractivity contribution in [3.63, 3.8) is 0 Å². The minimum atomic E-state index is -0.710. The molecule has 0 spiro atoms. The van der Waals surface area contributed by atoms with Crippen LogP contribution in [-0.4, -0.2) is 35.7 Å². The smallest absolute Gasteiger partial charge is 0.255 e. The number of nitrogens with two attached hydrogens (primary N) is 2. The van der Waals surface area contributed by atoms with E-state index in [1.165, 1.54) is 0 Å². The third-order valence-electron chi connectivity index (χ3n) is 2.33. The molecule has 0 aliphatic heterocycles. The summed E-state index contributed by atoms with van der Waals surface area (Å²) in [5, 5.41) is 0. The number of nitrogens with zero attached hydrogens (tertiary/aromatic N) is 1. The number of hydrogen-bond acceptors (Lipinski definition) is 3. The van der Waals surface area contributed by atoms with Crippen LogP contribution in [0.25, 0.3) is 0 Å². The van der Waals surface area contributed by atoms with E-state index in [0.29, 0.717) is 10.0 Å². The van der Waals surface area contributed by atoms with Gasteiger partial charge in [-0.1, -0.05) is 11.6 Å². The molecule has 0 fully saturated rings. The van der Waals surface area contributed by atoms with E-state index in [2.05, 4.69) is 15.9 Å². The largest absolute Gasteiger partial charge is 0.368 e. The van der Waals surface area contributed by atoms with E-state index in [1.807, 2.05) is 13.0 Å². The summed E-state index contributed by atoms with van der Waals surface area (Å²) in [7, 11) is 0. The minimum absolute atomic E-state index is 0.350. The average Bonchev–Trinajstić information content (AvgIpc) is 2.29. The molecule has 1 rings (SSSR count). The fourth-order valence-corrected chi connectivity index (χ4v) is 1.97. The highest BCUT2D eigenvalue weighted by atomic mass is 79.9. The number of carbonyl (C=O) groups is 3. The van der Waals surface area contributed by atoms with E-state index < -0.39 is 17.7 Å². The molecule has 0 radical (unpaired) electrons. The maximum Gasteiger partial charge on any atom is 0.255 e. The summed E-state index contributed by atoms with van der Waals surface area (Å²) in [6, 6.07) is 5.20. The lowest BCUT2D eigenvalue weighted by atomic mass is 10.1. The lowest BCUT2D eigenvalue weighted by molar-refractivity contribution is -0.121. The molecule has 4 N–H and O–H groups in total. The van der Waals surface area contributed by atoms with Gasteiger partial charge in [0, 0.05) is 4.47 Å². The molecular formula is C12H14BrN3O3. The average molecular weight is 328 g/mol. The van der Waals surface area contributed by atoms with Crippen molar-refractivity contribution in [2.75, 3.05) is 13.1 Å². The lowest BCUT2D eigenvalue weighted by Gasteiger charge is -2.20. The van der Waals surface area contributed by atoms with Crippen LogP contribution in [0, 0.1) is 6.92 Å². The minimum Gasteiger partial charge on any atom is -0.368 e. The van der Waals surface area contributed by atoms with E-state index in [4.69, 9.17) is 11.5 Å². The Hall–Kier alpha value is -1.89. The normalized spacial score (nSPS) is 10.0. The molecule has 0 bridgehead atoms. The van der Waals surface area contributed by atoms with Gasteiger partial charge in [0.05, 0.1) is 5.56 Å². The summed E-state index contributed by atoms with van der Waals surface area (Å²) < 4.78 is 0.571.